The Morgan fingerprint density at radius 1 is 1.31 bits per heavy atom. The molecule has 198 valence electrons. The molecule has 1 amide bonds. The molecule has 1 aliphatic heterocycles. The number of aromatic nitrogens is 2. The number of methoxy groups -OCH3 is 1. The van der Waals surface area contributed by atoms with E-state index in [0.29, 0.717) is 22.7 Å². The Morgan fingerprint density at radius 2 is 2.03 bits per heavy atom. The molecule has 2 aromatic rings. The Bertz CT molecular complexity index is 1170. The quantitative estimate of drug-likeness (QED) is 0.501. The predicted molar refractivity (Wildman–Crippen MR) is 142 cm³/mol. The van der Waals surface area contributed by atoms with Crippen LogP contribution in [0.15, 0.2) is 23.2 Å². The zero-order chi connectivity index (χ0) is 26.1. The molecule has 0 aromatic carbocycles. The van der Waals surface area contributed by atoms with E-state index in [0.717, 1.165) is 31.6 Å². The van der Waals surface area contributed by atoms with E-state index in [-0.39, 0.29) is 34.6 Å². The molecule has 2 aliphatic rings. The second kappa shape index (κ2) is 10.8. The number of amides is 1. The Balaban J connectivity index is 1.36. The highest BCUT2D eigenvalue weighted by atomic mass is 32.2. The minimum absolute atomic E-state index is 0.0198. The summed E-state index contributed by atoms with van der Waals surface area (Å²) in [4.78, 5) is 25.6. The Morgan fingerprint density at radius 3 is 2.61 bits per heavy atom. The van der Waals surface area contributed by atoms with Crippen LogP contribution in [0.2, 0.25) is 0 Å². The number of nitrogens with one attached hydrogen (secondary N) is 1. The van der Waals surface area contributed by atoms with Crippen LogP contribution in [-0.4, -0.2) is 54.2 Å². The van der Waals surface area contributed by atoms with Gasteiger partial charge in [0.1, 0.15) is 0 Å². The number of thiazole rings is 1. The highest BCUT2D eigenvalue weighted by Gasteiger charge is 2.39. The molecule has 2 aromatic heterocycles. The monoisotopic (exact) mass is 534 g/mol. The molecule has 1 aliphatic carbocycles. The van der Waals surface area contributed by atoms with Gasteiger partial charge in [-0.3, -0.25) is 14.7 Å². The molecule has 1 N–H and O–H groups in total. The number of hydrogen-bond acceptors (Lipinski definition) is 8. The van der Waals surface area contributed by atoms with Crippen LogP contribution in [0.1, 0.15) is 75.7 Å². The summed E-state index contributed by atoms with van der Waals surface area (Å²) in [6.07, 6.45) is 5.98. The van der Waals surface area contributed by atoms with Gasteiger partial charge in [-0.25, -0.2) is 13.4 Å². The van der Waals surface area contributed by atoms with Gasteiger partial charge in [0.25, 0.3) is 0 Å². The zero-order valence-electron chi connectivity index (χ0n) is 21.9. The molecule has 0 radical (unpaired) electrons. The molecular formula is C26H38N4O4S2. The Kier molecular flexibility index (Phi) is 8.19. The molecular weight excluding hydrogens is 496 g/mol. The van der Waals surface area contributed by atoms with E-state index in [1.54, 1.807) is 24.3 Å². The van der Waals surface area contributed by atoms with Crippen molar-refractivity contribution >= 4 is 32.2 Å². The van der Waals surface area contributed by atoms with Crippen molar-refractivity contribution < 1.29 is 17.9 Å². The average Bonchev–Trinajstić information content (AvgIpc) is 3.37. The van der Waals surface area contributed by atoms with Gasteiger partial charge in [0.2, 0.25) is 5.91 Å². The maximum atomic E-state index is 12.6. The van der Waals surface area contributed by atoms with Crippen LogP contribution in [0.4, 0.5) is 5.13 Å². The summed E-state index contributed by atoms with van der Waals surface area (Å²) in [6.45, 7) is 10.2. The summed E-state index contributed by atoms with van der Waals surface area (Å²) in [7, 11) is -1.48. The lowest BCUT2D eigenvalue weighted by Crippen LogP contribution is -2.37. The summed E-state index contributed by atoms with van der Waals surface area (Å²) in [5.41, 5.74) is 1.64. The number of nitrogens with zero attached hydrogens (tertiary/aromatic N) is 3. The summed E-state index contributed by atoms with van der Waals surface area (Å²) in [5.74, 6) is 0.912. The van der Waals surface area contributed by atoms with E-state index in [4.69, 9.17) is 9.72 Å². The Labute approximate surface area is 218 Å². The van der Waals surface area contributed by atoms with Crippen LogP contribution < -0.4 is 5.32 Å². The van der Waals surface area contributed by atoms with Gasteiger partial charge in [0, 0.05) is 37.0 Å². The van der Waals surface area contributed by atoms with Crippen molar-refractivity contribution in [2.75, 3.05) is 24.7 Å². The van der Waals surface area contributed by atoms with Crippen molar-refractivity contribution in [3.63, 3.8) is 0 Å². The highest BCUT2D eigenvalue weighted by Crippen LogP contribution is 2.44. The molecule has 1 saturated carbocycles. The second-order valence-corrected chi connectivity index (χ2v) is 14.0. The topological polar surface area (TPSA) is 101 Å². The molecule has 0 spiro atoms. The normalized spacial score (nSPS) is 24.7. The number of anilines is 1. The van der Waals surface area contributed by atoms with Crippen LogP contribution in [0.5, 0.6) is 0 Å². The van der Waals surface area contributed by atoms with Crippen molar-refractivity contribution in [1.82, 2.24) is 14.9 Å². The van der Waals surface area contributed by atoms with Crippen molar-refractivity contribution in [2.45, 2.75) is 82.9 Å². The van der Waals surface area contributed by atoms with Crippen molar-refractivity contribution in [3.8, 4) is 0 Å². The van der Waals surface area contributed by atoms with E-state index in [9.17, 15) is 13.2 Å². The van der Waals surface area contributed by atoms with Crippen LogP contribution in [-0.2, 0) is 32.3 Å². The van der Waals surface area contributed by atoms with Gasteiger partial charge in [-0.2, -0.15) is 0 Å². The molecule has 0 saturated heterocycles. The first-order chi connectivity index (χ1) is 17.0. The number of hydrogen-bond donors (Lipinski definition) is 1. The lowest BCUT2D eigenvalue weighted by molar-refractivity contribution is -0.115. The molecule has 1 atom stereocenters. The van der Waals surface area contributed by atoms with Gasteiger partial charge in [-0.05, 0) is 56.6 Å². The number of pyridine rings is 1. The average molecular weight is 535 g/mol. The van der Waals surface area contributed by atoms with Gasteiger partial charge < -0.3 is 10.1 Å². The zero-order valence-corrected chi connectivity index (χ0v) is 23.5. The van der Waals surface area contributed by atoms with Crippen LogP contribution in [0, 0.1) is 11.8 Å². The molecule has 36 heavy (non-hydrogen) atoms. The summed E-state index contributed by atoms with van der Waals surface area (Å²) >= 11 is 1.56. The molecule has 0 bridgehead atoms. The first kappa shape index (κ1) is 27.2. The molecule has 8 nitrogen and oxygen atoms in total. The summed E-state index contributed by atoms with van der Waals surface area (Å²) < 4.78 is 29.6. The third-order valence-corrected chi connectivity index (χ3v) is 10.3. The van der Waals surface area contributed by atoms with E-state index in [1.807, 2.05) is 7.11 Å². The van der Waals surface area contributed by atoms with E-state index in [1.165, 1.54) is 30.0 Å². The van der Waals surface area contributed by atoms with Crippen molar-refractivity contribution in [1.29, 1.82) is 0 Å². The van der Waals surface area contributed by atoms with Crippen LogP contribution >= 0.6 is 11.3 Å². The predicted octanol–water partition coefficient (Wildman–Crippen LogP) is 4.62. The van der Waals surface area contributed by atoms with Crippen molar-refractivity contribution in [2.24, 2.45) is 11.8 Å². The largest absolute Gasteiger partial charge is 0.379 e. The lowest BCUT2D eigenvalue weighted by Gasteiger charge is -2.39. The van der Waals surface area contributed by atoms with Gasteiger partial charge in [0.15, 0.2) is 15.0 Å². The van der Waals surface area contributed by atoms with E-state index < -0.39 is 9.84 Å². The standard InChI is InChI=1S/C26H38N4O4S2/c1-6-36(32,33)20-8-7-19(27-14-20)13-22(31)28-25-29-23-21(35-25)16-30(24(23)17(2)3)15-18-9-11-26(4,34-5)12-10-18/h7-8,14,17-18,24H,6,9-13,15-16H2,1-5H3,(H,28,29,31)/t18?,24-,26?/m1/s1. The molecule has 0 unspecified atom stereocenters. The number of sulfone groups is 1. The van der Waals surface area contributed by atoms with Gasteiger partial charge in [-0.1, -0.05) is 20.8 Å². The summed E-state index contributed by atoms with van der Waals surface area (Å²) in [5, 5.41) is 3.54. The minimum atomic E-state index is -3.30. The third-order valence-electron chi connectivity index (χ3n) is 7.65. The van der Waals surface area contributed by atoms with Gasteiger partial charge >= 0.3 is 0 Å². The number of ether oxygens (including phenoxy) is 1. The van der Waals surface area contributed by atoms with E-state index in [2.05, 4.69) is 36.0 Å². The second-order valence-electron chi connectivity index (χ2n) is 10.7. The first-order valence-electron chi connectivity index (χ1n) is 12.8. The van der Waals surface area contributed by atoms with Gasteiger partial charge in [-0.15, -0.1) is 11.3 Å². The fraction of sp³-hybridized carbons (Fsp3) is 0.654. The SMILES string of the molecule is CCS(=O)(=O)c1ccc(CC(=O)Nc2nc3c(s2)CN(CC2CCC(C)(OC)CC2)[C@@H]3C(C)C)nc1. The van der Waals surface area contributed by atoms with Crippen LogP contribution in [0.25, 0.3) is 0 Å². The van der Waals surface area contributed by atoms with E-state index >= 15 is 0 Å². The first-order valence-corrected chi connectivity index (χ1v) is 15.3. The molecule has 4 rings (SSSR count). The fourth-order valence-corrected chi connectivity index (χ4v) is 7.20. The number of carbonyl (C=O) groups excluding carboxylic acids is 1. The Hall–Kier alpha value is -1.88. The maximum absolute atomic E-state index is 12.6. The molecule has 10 heteroatoms. The number of rotatable bonds is 9. The summed E-state index contributed by atoms with van der Waals surface area (Å²) in [6, 6.07) is 3.36. The van der Waals surface area contributed by atoms with Crippen LogP contribution in [0.3, 0.4) is 0 Å². The van der Waals surface area contributed by atoms with Gasteiger partial charge in [0.05, 0.1) is 34.4 Å². The highest BCUT2D eigenvalue weighted by molar-refractivity contribution is 7.91. The lowest BCUT2D eigenvalue weighted by atomic mass is 9.79. The number of carbonyl (C=O) groups is 1. The maximum Gasteiger partial charge on any atom is 0.232 e. The smallest absolute Gasteiger partial charge is 0.232 e. The minimum Gasteiger partial charge on any atom is -0.379 e. The van der Waals surface area contributed by atoms with Crippen molar-refractivity contribution in [3.05, 3.63) is 34.6 Å². The fourth-order valence-electron chi connectivity index (χ4n) is 5.33. The third kappa shape index (κ3) is 5.98. The number of fused-ring (bicyclic) bond motifs is 1. The molecule has 1 fully saturated rings. The molecule has 3 heterocycles.